The minimum Gasteiger partial charge on any atom is -0.378 e. The van der Waals surface area contributed by atoms with Gasteiger partial charge in [-0.05, 0) is 81.0 Å². The van der Waals surface area contributed by atoms with Crippen LogP contribution in [0.25, 0.3) is 0 Å². The van der Waals surface area contributed by atoms with Crippen molar-refractivity contribution in [2.45, 2.75) is 123 Å². The van der Waals surface area contributed by atoms with Gasteiger partial charge in [-0.2, -0.15) is 0 Å². The lowest BCUT2D eigenvalue weighted by Gasteiger charge is -2.50. The van der Waals surface area contributed by atoms with Gasteiger partial charge in [-0.15, -0.1) is 0 Å². The molecular formula is C25H46O. The number of rotatable bonds is 10. The predicted molar refractivity (Wildman–Crippen MR) is 112 cm³/mol. The van der Waals surface area contributed by atoms with Crippen LogP contribution in [0.1, 0.15) is 117 Å². The lowest BCUT2D eigenvalue weighted by atomic mass is 9.56. The minimum atomic E-state index is 0.597. The standard InChI is InChI=1S/C25H46O/c1-3-5-7-8-9-17-26-23-14-16-25-22(19-23)13-12-21-18-20(10-6-4-2)11-15-24(21)25/h20-25H,3-19H2,1-2H3. The number of hydrogen-bond acceptors (Lipinski definition) is 1. The first-order valence-electron chi connectivity index (χ1n) is 12.4. The molecule has 0 spiro atoms. The first kappa shape index (κ1) is 20.7. The third kappa shape index (κ3) is 5.73. The van der Waals surface area contributed by atoms with Gasteiger partial charge in [-0.3, -0.25) is 0 Å². The number of hydrogen-bond donors (Lipinski definition) is 0. The fraction of sp³-hybridized carbons (Fsp3) is 1.00. The summed E-state index contributed by atoms with van der Waals surface area (Å²) in [6, 6.07) is 0. The maximum absolute atomic E-state index is 6.31. The van der Waals surface area contributed by atoms with Gasteiger partial charge in [-0.25, -0.2) is 0 Å². The molecular weight excluding hydrogens is 316 g/mol. The molecule has 3 fully saturated rings. The van der Waals surface area contributed by atoms with E-state index in [1.54, 1.807) is 19.3 Å². The van der Waals surface area contributed by atoms with E-state index in [1.807, 2.05) is 0 Å². The highest BCUT2D eigenvalue weighted by molar-refractivity contribution is 4.94. The zero-order chi connectivity index (χ0) is 18.2. The van der Waals surface area contributed by atoms with E-state index in [9.17, 15) is 0 Å². The van der Waals surface area contributed by atoms with Crippen LogP contribution in [-0.2, 0) is 4.74 Å². The lowest BCUT2D eigenvalue weighted by Crippen LogP contribution is -2.42. The van der Waals surface area contributed by atoms with Crippen molar-refractivity contribution in [2.75, 3.05) is 6.61 Å². The first-order valence-corrected chi connectivity index (χ1v) is 12.4. The fourth-order valence-corrected chi connectivity index (χ4v) is 6.71. The van der Waals surface area contributed by atoms with Gasteiger partial charge >= 0.3 is 0 Å². The molecule has 0 aliphatic heterocycles. The summed E-state index contributed by atoms with van der Waals surface area (Å²) in [5.74, 6) is 5.30. The van der Waals surface area contributed by atoms with E-state index in [0.29, 0.717) is 6.10 Å². The van der Waals surface area contributed by atoms with Crippen molar-refractivity contribution >= 4 is 0 Å². The quantitative estimate of drug-likeness (QED) is 0.360. The van der Waals surface area contributed by atoms with Crippen molar-refractivity contribution in [3.63, 3.8) is 0 Å². The van der Waals surface area contributed by atoms with E-state index >= 15 is 0 Å². The summed E-state index contributed by atoms with van der Waals surface area (Å²) in [6.45, 7) is 5.67. The van der Waals surface area contributed by atoms with Crippen LogP contribution in [0, 0.1) is 29.6 Å². The molecule has 0 bridgehead atoms. The number of unbranched alkanes of at least 4 members (excludes halogenated alkanes) is 5. The van der Waals surface area contributed by atoms with Gasteiger partial charge in [0.05, 0.1) is 6.10 Å². The van der Waals surface area contributed by atoms with Gasteiger partial charge in [0, 0.05) is 6.61 Å². The monoisotopic (exact) mass is 362 g/mol. The summed E-state index contributed by atoms with van der Waals surface area (Å²) in [6.07, 6.45) is 23.7. The molecule has 152 valence electrons. The molecule has 1 nitrogen and oxygen atoms in total. The first-order chi connectivity index (χ1) is 12.8. The third-order valence-electron chi connectivity index (χ3n) is 8.17. The SMILES string of the molecule is CCCCCCCOC1CCC2C(CCC3CC(CCCC)CCC32)C1. The normalized spacial score (nSPS) is 37.2. The number of fused-ring (bicyclic) bond motifs is 3. The zero-order valence-corrected chi connectivity index (χ0v) is 17.9. The molecule has 3 rings (SSSR count). The average molecular weight is 363 g/mol. The molecule has 0 aromatic heterocycles. The van der Waals surface area contributed by atoms with Crippen molar-refractivity contribution in [3.05, 3.63) is 0 Å². The van der Waals surface area contributed by atoms with E-state index in [2.05, 4.69) is 13.8 Å². The van der Waals surface area contributed by atoms with Crippen LogP contribution in [-0.4, -0.2) is 12.7 Å². The Labute approximate surface area is 164 Å². The highest BCUT2D eigenvalue weighted by Crippen LogP contribution is 2.53. The summed E-state index contributed by atoms with van der Waals surface area (Å²) in [7, 11) is 0. The van der Waals surface area contributed by atoms with Gasteiger partial charge in [0.25, 0.3) is 0 Å². The van der Waals surface area contributed by atoms with E-state index in [4.69, 9.17) is 4.74 Å². The molecule has 0 N–H and O–H groups in total. The molecule has 0 heterocycles. The average Bonchev–Trinajstić information content (AvgIpc) is 2.68. The van der Waals surface area contributed by atoms with E-state index < -0.39 is 0 Å². The summed E-state index contributed by atoms with van der Waals surface area (Å²) >= 11 is 0. The Bertz CT molecular complexity index is 378. The molecule has 0 aromatic rings. The summed E-state index contributed by atoms with van der Waals surface area (Å²) < 4.78 is 6.31. The van der Waals surface area contributed by atoms with Crippen LogP contribution in [0.2, 0.25) is 0 Å². The van der Waals surface area contributed by atoms with Gasteiger partial charge in [-0.1, -0.05) is 65.2 Å². The maximum Gasteiger partial charge on any atom is 0.0578 e. The van der Waals surface area contributed by atoms with Crippen molar-refractivity contribution < 1.29 is 4.74 Å². The Hall–Kier alpha value is -0.0400. The van der Waals surface area contributed by atoms with Crippen LogP contribution in [0.4, 0.5) is 0 Å². The Morgan fingerprint density at radius 1 is 0.654 bits per heavy atom. The van der Waals surface area contributed by atoms with Crippen molar-refractivity contribution in [2.24, 2.45) is 29.6 Å². The second-order valence-corrected chi connectivity index (χ2v) is 9.97. The second kappa shape index (κ2) is 11.1. The minimum absolute atomic E-state index is 0.597. The smallest absolute Gasteiger partial charge is 0.0578 e. The lowest BCUT2D eigenvalue weighted by molar-refractivity contribution is -0.0539. The van der Waals surface area contributed by atoms with Crippen LogP contribution < -0.4 is 0 Å². The van der Waals surface area contributed by atoms with Crippen molar-refractivity contribution in [3.8, 4) is 0 Å². The molecule has 26 heavy (non-hydrogen) atoms. The topological polar surface area (TPSA) is 9.23 Å². The second-order valence-electron chi connectivity index (χ2n) is 9.97. The third-order valence-corrected chi connectivity index (χ3v) is 8.17. The van der Waals surface area contributed by atoms with Gasteiger partial charge < -0.3 is 4.74 Å². The van der Waals surface area contributed by atoms with Crippen LogP contribution in [0.3, 0.4) is 0 Å². The molecule has 3 saturated carbocycles. The molecule has 6 atom stereocenters. The predicted octanol–water partition coefficient (Wildman–Crippen LogP) is 7.77. The Kier molecular flexibility index (Phi) is 8.82. The van der Waals surface area contributed by atoms with Crippen molar-refractivity contribution in [1.82, 2.24) is 0 Å². The van der Waals surface area contributed by atoms with E-state index in [0.717, 1.165) is 36.2 Å². The van der Waals surface area contributed by atoms with Gasteiger partial charge in [0.2, 0.25) is 0 Å². The molecule has 3 aliphatic rings. The van der Waals surface area contributed by atoms with Crippen LogP contribution >= 0.6 is 0 Å². The number of ether oxygens (including phenoxy) is 1. The van der Waals surface area contributed by atoms with Crippen molar-refractivity contribution in [1.29, 1.82) is 0 Å². The largest absolute Gasteiger partial charge is 0.378 e. The summed E-state index contributed by atoms with van der Waals surface area (Å²) in [5.41, 5.74) is 0. The molecule has 1 heteroatoms. The highest BCUT2D eigenvalue weighted by atomic mass is 16.5. The van der Waals surface area contributed by atoms with E-state index in [-0.39, 0.29) is 0 Å². The van der Waals surface area contributed by atoms with Gasteiger partial charge in [0.1, 0.15) is 0 Å². The zero-order valence-electron chi connectivity index (χ0n) is 17.9. The highest BCUT2D eigenvalue weighted by Gasteiger charge is 2.44. The fourth-order valence-electron chi connectivity index (χ4n) is 6.71. The Balaban J connectivity index is 1.37. The molecule has 0 saturated heterocycles. The molecule has 0 radical (unpaired) electrons. The summed E-state index contributed by atoms with van der Waals surface area (Å²) in [5, 5.41) is 0. The summed E-state index contributed by atoms with van der Waals surface area (Å²) in [4.78, 5) is 0. The molecule has 0 aromatic carbocycles. The van der Waals surface area contributed by atoms with Crippen LogP contribution in [0.5, 0.6) is 0 Å². The van der Waals surface area contributed by atoms with E-state index in [1.165, 1.54) is 83.5 Å². The molecule has 3 aliphatic carbocycles. The van der Waals surface area contributed by atoms with Gasteiger partial charge in [0.15, 0.2) is 0 Å². The van der Waals surface area contributed by atoms with Crippen LogP contribution in [0.15, 0.2) is 0 Å². The molecule has 6 unspecified atom stereocenters. The Morgan fingerprint density at radius 2 is 1.35 bits per heavy atom. The Morgan fingerprint density at radius 3 is 2.12 bits per heavy atom. The maximum atomic E-state index is 6.31. The molecule has 0 amide bonds.